The normalized spacial score (nSPS) is 10.1. The van der Waals surface area contributed by atoms with Crippen LogP contribution in [0.15, 0.2) is 36.7 Å². The van der Waals surface area contributed by atoms with Crippen molar-refractivity contribution in [1.29, 1.82) is 5.26 Å². The van der Waals surface area contributed by atoms with Gasteiger partial charge in [0.05, 0.1) is 11.9 Å². The molecule has 1 aromatic carbocycles. The van der Waals surface area contributed by atoms with Gasteiger partial charge in [-0.25, -0.2) is 4.98 Å². The van der Waals surface area contributed by atoms with E-state index in [0.29, 0.717) is 11.3 Å². The number of aryl methyl sites for hydroxylation is 1. The Morgan fingerprint density at radius 2 is 1.96 bits per heavy atom. The number of aromatic nitrogens is 3. The first-order chi connectivity index (χ1) is 12.5. The van der Waals surface area contributed by atoms with E-state index in [9.17, 15) is 5.26 Å². The molecule has 0 fully saturated rings. The molecular weight excluding hydrogens is 326 g/mol. The zero-order chi connectivity index (χ0) is 18.7. The number of anilines is 1. The Balaban J connectivity index is 2.19. The number of benzene rings is 1. The van der Waals surface area contributed by atoms with Gasteiger partial charge >= 0.3 is 0 Å². The number of hydrogen-bond acceptors (Lipinski definition) is 5. The summed E-state index contributed by atoms with van der Waals surface area (Å²) in [6.45, 7) is 1.74. The van der Waals surface area contributed by atoms with Crippen LogP contribution in [0.5, 0.6) is 0 Å². The molecule has 3 aromatic rings. The van der Waals surface area contributed by atoms with E-state index >= 15 is 0 Å². The van der Waals surface area contributed by atoms with Gasteiger partial charge in [0.2, 0.25) is 0 Å². The Kier molecular flexibility index (Phi) is 4.70. The van der Waals surface area contributed by atoms with Crippen LogP contribution in [0.3, 0.4) is 0 Å². The predicted molar refractivity (Wildman–Crippen MR) is 99.7 cm³/mol. The minimum Gasteiger partial charge on any atom is -0.384 e. The van der Waals surface area contributed by atoms with Gasteiger partial charge in [-0.05, 0) is 30.2 Å². The lowest BCUT2D eigenvalue weighted by Gasteiger charge is -2.14. The van der Waals surface area contributed by atoms with Crippen molar-refractivity contribution in [3.8, 4) is 40.3 Å². The third-order valence-electron chi connectivity index (χ3n) is 4.04. The van der Waals surface area contributed by atoms with Crippen LogP contribution >= 0.6 is 0 Å². The van der Waals surface area contributed by atoms with E-state index in [1.807, 2.05) is 44.4 Å². The number of nitrogens with two attached hydrogens (primary N) is 1. The van der Waals surface area contributed by atoms with Crippen LogP contribution in [0.2, 0.25) is 0 Å². The Hall–Kier alpha value is -3.61. The van der Waals surface area contributed by atoms with E-state index in [0.717, 1.165) is 27.8 Å². The lowest BCUT2D eigenvalue weighted by molar-refractivity contribution is 0.350. The number of aliphatic hydroxyl groups excluding tert-OH is 1. The smallest absolute Gasteiger partial charge is 0.142 e. The van der Waals surface area contributed by atoms with Crippen LogP contribution in [0.1, 0.15) is 16.7 Å². The Morgan fingerprint density at radius 3 is 2.54 bits per heavy atom. The summed E-state index contributed by atoms with van der Waals surface area (Å²) in [5.41, 5.74) is 11.2. The van der Waals surface area contributed by atoms with Crippen molar-refractivity contribution in [2.24, 2.45) is 7.05 Å². The second kappa shape index (κ2) is 7.10. The predicted octanol–water partition coefficient (Wildman–Crippen LogP) is 2.26. The van der Waals surface area contributed by atoms with E-state index in [-0.39, 0.29) is 12.4 Å². The van der Waals surface area contributed by atoms with E-state index in [1.165, 1.54) is 0 Å². The van der Waals surface area contributed by atoms with Crippen molar-refractivity contribution in [1.82, 2.24) is 14.8 Å². The topological polar surface area (TPSA) is 101 Å². The SMILES string of the molecule is Cc1c(-c2cnn(C)c2)nc(N)c(C#N)c1-c1ccc(C#CCO)cc1. The number of nitrogen functional groups attached to an aromatic ring is 1. The lowest BCUT2D eigenvalue weighted by Crippen LogP contribution is -2.03. The van der Waals surface area contributed by atoms with Gasteiger partial charge in [-0.1, -0.05) is 24.0 Å². The van der Waals surface area contributed by atoms with Crippen LogP contribution in [-0.2, 0) is 7.05 Å². The maximum absolute atomic E-state index is 9.58. The monoisotopic (exact) mass is 343 g/mol. The average molecular weight is 343 g/mol. The summed E-state index contributed by atoms with van der Waals surface area (Å²) in [4.78, 5) is 4.42. The molecule has 3 rings (SSSR count). The van der Waals surface area contributed by atoms with E-state index < -0.39 is 0 Å². The Morgan fingerprint density at radius 1 is 1.23 bits per heavy atom. The van der Waals surface area contributed by atoms with Crippen molar-refractivity contribution in [2.75, 3.05) is 12.3 Å². The fourth-order valence-electron chi connectivity index (χ4n) is 2.85. The lowest BCUT2D eigenvalue weighted by atomic mass is 9.93. The summed E-state index contributed by atoms with van der Waals surface area (Å²) in [7, 11) is 1.83. The minimum absolute atomic E-state index is 0.186. The highest BCUT2D eigenvalue weighted by molar-refractivity contribution is 5.84. The minimum atomic E-state index is -0.186. The van der Waals surface area contributed by atoms with Crippen LogP contribution < -0.4 is 5.73 Å². The first kappa shape index (κ1) is 17.2. The first-order valence-corrected chi connectivity index (χ1v) is 7.94. The second-order valence-electron chi connectivity index (χ2n) is 5.77. The molecule has 0 atom stereocenters. The largest absolute Gasteiger partial charge is 0.384 e. The first-order valence-electron chi connectivity index (χ1n) is 7.94. The molecule has 0 aliphatic carbocycles. The van der Waals surface area contributed by atoms with Crippen LogP contribution in [0.4, 0.5) is 5.82 Å². The van der Waals surface area contributed by atoms with Gasteiger partial charge in [-0.3, -0.25) is 4.68 Å². The van der Waals surface area contributed by atoms with Gasteiger partial charge in [0.15, 0.2) is 0 Å². The van der Waals surface area contributed by atoms with E-state index in [4.69, 9.17) is 10.8 Å². The fourth-order valence-corrected chi connectivity index (χ4v) is 2.85. The highest BCUT2D eigenvalue weighted by Crippen LogP contribution is 2.35. The van der Waals surface area contributed by atoms with Crippen molar-refractivity contribution in [3.63, 3.8) is 0 Å². The highest BCUT2D eigenvalue weighted by Gasteiger charge is 2.18. The van der Waals surface area contributed by atoms with Crippen molar-refractivity contribution in [2.45, 2.75) is 6.92 Å². The zero-order valence-electron chi connectivity index (χ0n) is 14.5. The van der Waals surface area contributed by atoms with E-state index in [2.05, 4.69) is 28.0 Å². The zero-order valence-corrected chi connectivity index (χ0v) is 14.5. The van der Waals surface area contributed by atoms with Crippen LogP contribution in [0, 0.1) is 30.1 Å². The third-order valence-corrected chi connectivity index (χ3v) is 4.04. The standard InChI is InChI=1S/C20H17N5O/c1-13-18(15-7-5-14(6-8-15)4-3-9-26)17(10-21)20(22)24-19(13)16-11-23-25(2)12-16/h5-8,11-12,26H,9H2,1-2H3,(H2,22,24). The molecule has 0 bridgehead atoms. The molecule has 2 aromatic heterocycles. The molecule has 0 spiro atoms. The molecule has 26 heavy (non-hydrogen) atoms. The number of rotatable bonds is 2. The molecule has 2 heterocycles. The van der Waals surface area contributed by atoms with Crippen molar-refractivity contribution in [3.05, 3.63) is 53.3 Å². The van der Waals surface area contributed by atoms with Crippen molar-refractivity contribution < 1.29 is 5.11 Å². The molecule has 3 N–H and O–H groups in total. The molecule has 0 aliphatic rings. The molecular formula is C20H17N5O. The molecule has 128 valence electrons. The summed E-state index contributed by atoms with van der Waals surface area (Å²) in [6.07, 6.45) is 3.58. The van der Waals surface area contributed by atoms with Gasteiger partial charge in [0, 0.05) is 29.9 Å². The molecule has 0 radical (unpaired) electrons. The summed E-state index contributed by atoms with van der Waals surface area (Å²) in [5.74, 6) is 5.66. The number of aliphatic hydroxyl groups is 1. The van der Waals surface area contributed by atoms with Gasteiger partial charge < -0.3 is 10.8 Å². The molecule has 0 aliphatic heterocycles. The number of nitriles is 1. The molecule has 0 amide bonds. The van der Waals surface area contributed by atoms with Gasteiger partial charge in [0.25, 0.3) is 0 Å². The average Bonchev–Trinajstić information content (AvgIpc) is 3.08. The maximum atomic E-state index is 9.58. The third kappa shape index (κ3) is 3.14. The fraction of sp³-hybridized carbons (Fsp3) is 0.150. The van der Waals surface area contributed by atoms with Gasteiger partial charge in [0.1, 0.15) is 24.1 Å². The summed E-state index contributed by atoms with van der Waals surface area (Å²) >= 11 is 0. The molecule has 6 heteroatoms. The van der Waals surface area contributed by atoms with Crippen LogP contribution in [0.25, 0.3) is 22.4 Å². The summed E-state index contributed by atoms with van der Waals surface area (Å²) in [5, 5.41) is 22.6. The molecule has 6 nitrogen and oxygen atoms in total. The van der Waals surface area contributed by atoms with Gasteiger partial charge in [-0.15, -0.1) is 0 Å². The molecule has 0 unspecified atom stereocenters. The summed E-state index contributed by atoms with van der Waals surface area (Å²) < 4.78 is 1.69. The summed E-state index contributed by atoms with van der Waals surface area (Å²) in [6, 6.07) is 9.63. The van der Waals surface area contributed by atoms with E-state index in [1.54, 1.807) is 10.9 Å². The number of hydrogen-bond donors (Lipinski definition) is 2. The Labute approximate surface area is 151 Å². The highest BCUT2D eigenvalue weighted by atomic mass is 16.2. The Bertz CT molecular complexity index is 1060. The van der Waals surface area contributed by atoms with Gasteiger partial charge in [-0.2, -0.15) is 10.4 Å². The second-order valence-corrected chi connectivity index (χ2v) is 5.77. The van der Waals surface area contributed by atoms with Crippen LogP contribution in [-0.4, -0.2) is 26.5 Å². The maximum Gasteiger partial charge on any atom is 0.142 e. The van der Waals surface area contributed by atoms with Crippen molar-refractivity contribution >= 4 is 5.82 Å². The molecule has 0 saturated heterocycles. The quantitative estimate of drug-likeness (QED) is 0.695. The molecule has 0 saturated carbocycles. The number of nitrogens with zero attached hydrogens (tertiary/aromatic N) is 4. The number of pyridine rings is 1.